The Morgan fingerprint density at radius 2 is 2.32 bits per heavy atom. The van der Waals surface area contributed by atoms with Crippen LogP contribution in [0.2, 0.25) is 0 Å². The number of aryl methyl sites for hydroxylation is 1. The van der Waals surface area contributed by atoms with Crippen LogP contribution in [0.3, 0.4) is 0 Å². The first-order valence-electron chi connectivity index (χ1n) is 7.48. The van der Waals surface area contributed by atoms with Crippen molar-refractivity contribution in [2.75, 3.05) is 13.1 Å². The maximum atomic E-state index is 5.87. The van der Waals surface area contributed by atoms with E-state index in [2.05, 4.69) is 28.9 Å². The van der Waals surface area contributed by atoms with Gasteiger partial charge in [-0.25, -0.2) is 0 Å². The third-order valence-electron chi connectivity index (χ3n) is 3.97. The van der Waals surface area contributed by atoms with Crippen LogP contribution in [0.4, 0.5) is 0 Å². The number of aromatic nitrogens is 2. The quantitative estimate of drug-likeness (QED) is 0.852. The summed E-state index contributed by atoms with van der Waals surface area (Å²) >= 11 is 0. The van der Waals surface area contributed by atoms with Gasteiger partial charge in [0.1, 0.15) is 0 Å². The lowest BCUT2D eigenvalue weighted by Gasteiger charge is -2.36. The van der Waals surface area contributed by atoms with E-state index >= 15 is 0 Å². The molecule has 1 saturated heterocycles. The molecule has 1 aromatic heterocycles. The molecule has 0 aromatic carbocycles. The van der Waals surface area contributed by atoms with Crippen LogP contribution in [0.15, 0.2) is 4.52 Å². The van der Waals surface area contributed by atoms with Gasteiger partial charge in [-0.15, -0.1) is 0 Å². The van der Waals surface area contributed by atoms with Crippen molar-refractivity contribution < 1.29 is 4.52 Å². The molecule has 0 radical (unpaired) electrons. The summed E-state index contributed by atoms with van der Waals surface area (Å²) in [6.45, 7) is 7.00. The number of hydrogen-bond acceptors (Lipinski definition) is 5. The predicted octanol–water partition coefficient (Wildman–Crippen LogP) is 1.97. The van der Waals surface area contributed by atoms with Gasteiger partial charge < -0.3 is 10.3 Å². The van der Waals surface area contributed by atoms with Gasteiger partial charge in [0, 0.05) is 19.0 Å². The second kappa shape index (κ2) is 7.01. The van der Waals surface area contributed by atoms with Gasteiger partial charge in [-0.2, -0.15) is 4.98 Å². The first-order chi connectivity index (χ1) is 9.22. The van der Waals surface area contributed by atoms with Crippen LogP contribution in [-0.2, 0) is 13.0 Å². The average molecular weight is 266 g/mol. The van der Waals surface area contributed by atoms with E-state index in [0.717, 1.165) is 50.0 Å². The maximum Gasteiger partial charge on any atom is 0.240 e. The lowest BCUT2D eigenvalue weighted by Crippen LogP contribution is -2.45. The van der Waals surface area contributed by atoms with Crippen molar-refractivity contribution in [3.8, 4) is 0 Å². The van der Waals surface area contributed by atoms with Crippen LogP contribution >= 0.6 is 0 Å². The first kappa shape index (κ1) is 14.5. The van der Waals surface area contributed by atoms with Crippen LogP contribution in [0.25, 0.3) is 0 Å². The molecule has 2 rings (SSSR count). The van der Waals surface area contributed by atoms with E-state index in [1.54, 1.807) is 0 Å². The summed E-state index contributed by atoms with van der Waals surface area (Å²) in [6.07, 6.45) is 5.59. The van der Waals surface area contributed by atoms with Crippen molar-refractivity contribution in [3.05, 3.63) is 11.7 Å². The molecule has 1 aliphatic rings. The summed E-state index contributed by atoms with van der Waals surface area (Å²) in [7, 11) is 0. The summed E-state index contributed by atoms with van der Waals surface area (Å²) in [6, 6.07) is 0.453. The topological polar surface area (TPSA) is 68.2 Å². The molecule has 108 valence electrons. The molecule has 1 aromatic rings. The second-order valence-electron chi connectivity index (χ2n) is 5.70. The minimum atomic E-state index is 0.453. The van der Waals surface area contributed by atoms with Crippen molar-refractivity contribution in [3.63, 3.8) is 0 Å². The Balaban J connectivity index is 1.90. The van der Waals surface area contributed by atoms with E-state index in [9.17, 15) is 0 Å². The molecular weight excluding hydrogens is 240 g/mol. The minimum absolute atomic E-state index is 0.453. The van der Waals surface area contributed by atoms with Gasteiger partial charge in [0.15, 0.2) is 5.82 Å². The van der Waals surface area contributed by atoms with E-state index < -0.39 is 0 Å². The fraction of sp³-hybridized carbons (Fsp3) is 0.857. The summed E-state index contributed by atoms with van der Waals surface area (Å²) in [5.41, 5.74) is 5.87. The van der Waals surface area contributed by atoms with E-state index in [-0.39, 0.29) is 0 Å². The fourth-order valence-electron chi connectivity index (χ4n) is 2.72. The molecule has 2 heterocycles. The summed E-state index contributed by atoms with van der Waals surface area (Å²) in [5.74, 6) is 2.35. The predicted molar refractivity (Wildman–Crippen MR) is 74.6 cm³/mol. The summed E-state index contributed by atoms with van der Waals surface area (Å²) in [4.78, 5) is 6.86. The highest BCUT2D eigenvalue weighted by atomic mass is 16.5. The first-order valence-corrected chi connectivity index (χ1v) is 7.48. The third-order valence-corrected chi connectivity index (χ3v) is 3.97. The van der Waals surface area contributed by atoms with Crippen LogP contribution in [-0.4, -0.2) is 34.2 Å². The molecule has 0 aliphatic carbocycles. The molecule has 0 spiro atoms. The van der Waals surface area contributed by atoms with Crippen molar-refractivity contribution in [1.82, 2.24) is 15.0 Å². The highest BCUT2D eigenvalue weighted by Crippen LogP contribution is 2.23. The monoisotopic (exact) mass is 266 g/mol. The summed E-state index contributed by atoms with van der Waals surface area (Å²) in [5, 5.41) is 4.04. The van der Waals surface area contributed by atoms with E-state index in [1.165, 1.54) is 12.8 Å². The Morgan fingerprint density at radius 1 is 1.47 bits per heavy atom. The largest absolute Gasteiger partial charge is 0.338 e. The third kappa shape index (κ3) is 4.01. The Hall–Kier alpha value is -0.940. The van der Waals surface area contributed by atoms with E-state index in [1.807, 2.05) is 0 Å². The maximum absolute atomic E-state index is 5.87. The zero-order valence-electron chi connectivity index (χ0n) is 12.1. The molecule has 2 atom stereocenters. The zero-order valence-corrected chi connectivity index (χ0v) is 12.1. The molecule has 2 N–H and O–H groups in total. The number of piperidine rings is 1. The molecule has 1 aliphatic heterocycles. The highest BCUT2D eigenvalue weighted by molar-refractivity contribution is 4.89. The van der Waals surface area contributed by atoms with Gasteiger partial charge in [0.25, 0.3) is 0 Å². The number of hydrogen-bond donors (Lipinski definition) is 1. The van der Waals surface area contributed by atoms with Crippen LogP contribution in [0.5, 0.6) is 0 Å². The number of unbranched alkanes of at least 4 members (excludes halogenated alkanes) is 1. The van der Waals surface area contributed by atoms with Crippen LogP contribution in [0.1, 0.15) is 51.2 Å². The molecule has 5 heteroatoms. The Labute approximate surface area is 115 Å². The smallest absolute Gasteiger partial charge is 0.240 e. The van der Waals surface area contributed by atoms with Gasteiger partial charge in [-0.3, -0.25) is 4.90 Å². The highest BCUT2D eigenvalue weighted by Gasteiger charge is 2.26. The van der Waals surface area contributed by atoms with Crippen molar-refractivity contribution in [2.24, 2.45) is 11.7 Å². The lowest BCUT2D eigenvalue weighted by atomic mass is 9.92. The number of nitrogens with two attached hydrogens (primary N) is 1. The summed E-state index contributed by atoms with van der Waals surface area (Å²) < 4.78 is 5.34. The SMILES string of the molecule is CCCCc1noc(CN2CCC(C)CC2CN)n1. The molecule has 19 heavy (non-hydrogen) atoms. The van der Waals surface area contributed by atoms with Crippen molar-refractivity contribution in [2.45, 2.75) is 58.5 Å². The fourth-order valence-corrected chi connectivity index (χ4v) is 2.72. The molecule has 0 amide bonds. The van der Waals surface area contributed by atoms with Crippen LogP contribution < -0.4 is 5.73 Å². The standard InChI is InChI=1S/C14H26N4O/c1-3-4-5-13-16-14(19-17-13)10-18-7-6-11(2)8-12(18)9-15/h11-12H,3-10,15H2,1-2H3. The van der Waals surface area contributed by atoms with Crippen LogP contribution in [0, 0.1) is 5.92 Å². The molecular formula is C14H26N4O. The molecule has 5 nitrogen and oxygen atoms in total. The minimum Gasteiger partial charge on any atom is -0.338 e. The van der Waals surface area contributed by atoms with E-state index in [0.29, 0.717) is 12.6 Å². The molecule has 2 unspecified atom stereocenters. The Kier molecular flexibility index (Phi) is 5.34. The number of rotatable bonds is 6. The van der Waals surface area contributed by atoms with Crippen molar-refractivity contribution >= 4 is 0 Å². The van der Waals surface area contributed by atoms with Crippen molar-refractivity contribution in [1.29, 1.82) is 0 Å². The normalized spacial score (nSPS) is 24.8. The second-order valence-corrected chi connectivity index (χ2v) is 5.70. The van der Waals surface area contributed by atoms with Gasteiger partial charge >= 0.3 is 0 Å². The lowest BCUT2D eigenvalue weighted by molar-refractivity contribution is 0.102. The Morgan fingerprint density at radius 3 is 3.05 bits per heavy atom. The molecule has 0 bridgehead atoms. The molecule has 1 fully saturated rings. The number of nitrogens with zero attached hydrogens (tertiary/aromatic N) is 3. The van der Waals surface area contributed by atoms with Gasteiger partial charge in [-0.05, 0) is 31.7 Å². The van der Waals surface area contributed by atoms with Gasteiger partial charge in [0.2, 0.25) is 5.89 Å². The number of likely N-dealkylation sites (tertiary alicyclic amines) is 1. The Bertz CT molecular complexity index is 379. The molecule has 0 saturated carbocycles. The van der Waals surface area contributed by atoms with Gasteiger partial charge in [-0.1, -0.05) is 25.4 Å². The van der Waals surface area contributed by atoms with Gasteiger partial charge in [0.05, 0.1) is 6.54 Å². The van der Waals surface area contributed by atoms with E-state index in [4.69, 9.17) is 10.3 Å². The average Bonchev–Trinajstić information content (AvgIpc) is 2.86. The zero-order chi connectivity index (χ0) is 13.7.